The van der Waals surface area contributed by atoms with Crippen LogP contribution in [0, 0.1) is 0 Å². The van der Waals surface area contributed by atoms with Gasteiger partial charge in [-0.05, 0) is 0 Å². The van der Waals surface area contributed by atoms with Crippen molar-refractivity contribution < 1.29 is 23.1 Å². The number of aliphatic carboxylic acids is 1. The summed E-state index contributed by atoms with van der Waals surface area (Å²) in [6, 6.07) is -1.25. The van der Waals surface area contributed by atoms with Gasteiger partial charge in [-0.2, -0.15) is 25.8 Å². The molecule has 0 amide bonds. The van der Waals surface area contributed by atoms with Crippen LogP contribution in [-0.2, 0) is 4.79 Å². The second-order valence-corrected chi connectivity index (χ2v) is 2.43. The molecule has 0 saturated carbocycles. The van der Waals surface area contributed by atoms with Crippen LogP contribution in [0.5, 0.6) is 0 Å². The first kappa shape index (κ1) is 11.6. The van der Waals surface area contributed by atoms with Gasteiger partial charge in [-0.3, -0.25) is 10.1 Å². The summed E-state index contributed by atoms with van der Waals surface area (Å²) in [5.41, 5.74) is 0. The molecule has 0 aliphatic heterocycles. The standard InChI is InChI=1S/C5H8F3NO2S/c6-5(7,8)2-9-3(1-12)4(10)11/h3,9,12H,1-2H2,(H,10,11)/t3-/m0/s1. The van der Waals surface area contributed by atoms with Crippen LogP contribution in [0.15, 0.2) is 0 Å². The maximum atomic E-state index is 11.5. The van der Waals surface area contributed by atoms with Crippen LogP contribution < -0.4 is 5.32 Å². The topological polar surface area (TPSA) is 49.3 Å². The van der Waals surface area contributed by atoms with E-state index < -0.39 is 24.7 Å². The number of carbonyl (C=O) groups is 1. The van der Waals surface area contributed by atoms with Crippen molar-refractivity contribution in [3.05, 3.63) is 0 Å². The largest absolute Gasteiger partial charge is 0.480 e. The van der Waals surface area contributed by atoms with Gasteiger partial charge >= 0.3 is 12.1 Å². The minimum Gasteiger partial charge on any atom is -0.480 e. The number of carboxylic acid groups (broad SMARTS) is 1. The van der Waals surface area contributed by atoms with E-state index in [2.05, 4.69) is 12.6 Å². The average molecular weight is 203 g/mol. The number of rotatable bonds is 4. The van der Waals surface area contributed by atoms with Gasteiger partial charge in [0.25, 0.3) is 0 Å². The highest BCUT2D eigenvalue weighted by molar-refractivity contribution is 7.80. The second-order valence-electron chi connectivity index (χ2n) is 2.07. The summed E-state index contributed by atoms with van der Waals surface area (Å²) in [5.74, 6) is -1.51. The molecule has 1 atom stereocenters. The van der Waals surface area contributed by atoms with Crippen LogP contribution in [0.25, 0.3) is 0 Å². The Morgan fingerprint density at radius 3 is 2.33 bits per heavy atom. The van der Waals surface area contributed by atoms with Gasteiger partial charge in [0.15, 0.2) is 0 Å². The number of nitrogens with one attached hydrogen (secondary N) is 1. The maximum absolute atomic E-state index is 11.5. The van der Waals surface area contributed by atoms with Crippen LogP contribution in [0.4, 0.5) is 13.2 Å². The van der Waals surface area contributed by atoms with Gasteiger partial charge in [0, 0.05) is 5.75 Å². The highest BCUT2D eigenvalue weighted by Gasteiger charge is 2.29. The van der Waals surface area contributed by atoms with E-state index in [-0.39, 0.29) is 5.75 Å². The molecule has 0 aromatic rings. The van der Waals surface area contributed by atoms with Crippen LogP contribution in [0.3, 0.4) is 0 Å². The minimum absolute atomic E-state index is 0.175. The van der Waals surface area contributed by atoms with Crippen molar-refractivity contribution in [1.29, 1.82) is 0 Å². The van der Waals surface area contributed by atoms with Gasteiger partial charge in [-0.1, -0.05) is 0 Å². The highest BCUT2D eigenvalue weighted by atomic mass is 32.1. The van der Waals surface area contributed by atoms with E-state index in [1.54, 1.807) is 0 Å². The molecule has 0 unspecified atom stereocenters. The molecular weight excluding hydrogens is 195 g/mol. The zero-order chi connectivity index (χ0) is 9.78. The molecule has 0 aliphatic rings. The Labute approximate surface area is 72.4 Å². The third-order valence-electron chi connectivity index (χ3n) is 1.03. The first-order chi connectivity index (χ1) is 5.37. The van der Waals surface area contributed by atoms with Crippen LogP contribution >= 0.6 is 12.6 Å². The smallest absolute Gasteiger partial charge is 0.401 e. The molecule has 7 heteroatoms. The summed E-state index contributed by atoms with van der Waals surface area (Å²) >= 11 is 3.57. The van der Waals surface area contributed by atoms with Gasteiger partial charge in [0.2, 0.25) is 0 Å². The summed E-state index contributed by atoms with van der Waals surface area (Å²) in [6.45, 7) is -1.31. The van der Waals surface area contributed by atoms with Gasteiger partial charge in [-0.15, -0.1) is 0 Å². The number of hydrogen-bond acceptors (Lipinski definition) is 3. The quantitative estimate of drug-likeness (QED) is 0.584. The van der Waals surface area contributed by atoms with Gasteiger partial charge < -0.3 is 5.11 Å². The van der Waals surface area contributed by atoms with E-state index in [9.17, 15) is 18.0 Å². The summed E-state index contributed by atoms with van der Waals surface area (Å²) < 4.78 is 34.6. The zero-order valence-corrected chi connectivity index (χ0v) is 6.82. The van der Waals surface area contributed by atoms with Crippen molar-refractivity contribution in [3.63, 3.8) is 0 Å². The highest BCUT2D eigenvalue weighted by Crippen LogP contribution is 2.12. The Morgan fingerprint density at radius 2 is 2.08 bits per heavy atom. The molecule has 0 bridgehead atoms. The number of thiol groups is 1. The van der Waals surface area contributed by atoms with Crippen LogP contribution in [0.1, 0.15) is 0 Å². The van der Waals surface area contributed by atoms with Crippen molar-refractivity contribution in [1.82, 2.24) is 5.32 Å². The fraction of sp³-hybridized carbons (Fsp3) is 0.800. The Kier molecular flexibility index (Phi) is 4.40. The number of alkyl halides is 3. The molecule has 0 aromatic carbocycles. The summed E-state index contributed by atoms with van der Waals surface area (Å²) in [7, 11) is 0. The summed E-state index contributed by atoms with van der Waals surface area (Å²) in [6.07, 6.45) is -4.39. The minimum atomic E-state index is -4.39. The van der Waals surface area contributed by atoms with Crippen molar-refractivity contribution in [2.45, 2.75) is 12.2 Å². The average Bonchev–Trinajstić information content (AvgIpc) is 1.85. The van der Waals surface area contributed by atoms with E-state index in [1.165, 1.54) is 0 Å². The Balaban J connectivity index is 3.81. The fourth-order valence-electron chi connectivity index (χ4n) is 0.469. The predicted octanol–water partition coefficient (Wildman–Crippen LogP) is 0.521. The molecule has 2 N–H and O–H groups in total. The van der Waals surface area contributed by atoms with E-state index >= 15 is 0 Å². The van der Waals surface area contributed by atoms with E-state index in [0.29, 0.717) is 0 Å². The number of hydrogen-bond donors (Lipinski definition) is 3. The first-order valence-corrected chi connectivity index (χ1v) is 3.64. The van der Waals surface area contributed by atoms with Crippen LogP contribution in [-0.4, -0.2) is 35.6 Å². The Hall–Kier alpha value is -0.430. The molecule has 0 radical (unpaired) electrons. The maximum Gasteiger partial charge on any atom is 0.401 e. The predicted molar refractivity (Wildman–Crippen MR) is 39.3 cm³/mol. The lowest BCUT2D eigenvalue weighted by Crippen LogP contribution is -2.43. The normalized spacial score (nSPS) is 14.3. The van der Waals surface area contributed by atoms with Gasteiger partial charge in [0.05, 0.1) is 6.54 Å². The lowest BCUT2D eigenvalue weighted by Gasteiger charge is -2.13. The molecule has 0 rings (SSSR count). The van der Waals surface area contributed by atoms with Crippen molar-refractivity contribution in [2.75, 3.05) is 12.3 Å². The summed E-state index contributed by atoms with van der Waals surface area (Å²) in [5, 5.41) is 10.1. The van der Waals surface area contributed by atoms with E-state index in [1.807, 2.05) is 5.32 Å². The number of halogens is 3. The van der Waals surface area contributed by atoms with Crippen molar-refractivity contribution in [2.24, 2.45) is 0 Å². The van der Waals surface area contributed by atoms with Crippen molar-refractivity contribution in [3.8, 4) is 0 Å². The lowest BCUT2D eigenvalue weighted by atomic mass is 10.3. The molecule has 0 spiro atoms. The van der Waals surface area contributed by atoms with E-state index in [0.717, 1.165) is 0 Å². The zero-order valence-electron chi connectivity index (χ0n) is 5.93. The van der Waals surface area contributed by atoms with Gasteiger partial charge in [0.1, 0.15) is 6.04 Å². The van der Waals surface area contributed by atoms with Crippen LogP contribution in [0.2, 0.25) is 0 Å². The summed E-state index contributed by atoms with van der Waals surface area (Å²) in [4.78, 5) is 10.2. The molecule has 0 saturated heterocycles. The third-order valence-corrected chi connectivity index (χ3v) is 1.39. The molecule has 0 aliphatic carbocycles. The second kappa shape index (κ2) is 4.56. The third kappa shape index (κ3) is 5.25. The molecule has 3 nitrogen and oxygen atoms in total. The molecule has 72 valence electrons. The Morgan fingerprint density at radius 1 is 1.58 bits per heavy atom. The lowest BCUT2D eigenvalue weighted by molar-refractivity contribution is -0.142. The first-order valence-electron chi connectivity index (χ1n) is 3.00. The fourth-order valence-corrected chi connectivity index (χ4v) is 0.754. The van der Waals surface area contributed by atoms with Crippen molar-refractivity contribution >= 4 is 18.6 Å². The molecule has 12 heavy (non-hydrogen) atoms. The molecule has 0 heterocycles. The van der Waals surface area contributed by atoms with Gasteiger partial charge in [-0.25, -0.2) is 0 Å². The molecular formula is C5H8F3NO2S. The molecule has 0 aromatic heterocycles. The number of carboxylic acids is 1. The monoisotopic (exact) mass is 203 g/mol. The van der Waals surface area contributed by atoms with E-state index in [4.69, 9.17) is 5.11 Å². The SMILES string of the molecule is O=C(O)[C@H](CS)NCC(F)(F)F. The Bertz CT molecular complexity index is 161. The molecule has 0 fully saturated rings.